The van der Waals surface area contributed by atoms with Crippen LogP contribution in [0.4, 0.5) is 5.82 Å². The zero-order valence-corrected chi connectivity index (χ0v) is 6.26. The molecule has 8 nitrogen and oxygen atoms in total. The Bertz CT molecular complexity index is 333. The number of nitrogens with one attached hydrogen (secondary N) is 1. The minimum absolute atomic E-state index is 0.117. The number of rotatable bonds is 4. The number of hydrogen-bond acceptors (Lipinski definition) is 5. The standard InChI is InChI=1S/C5H5N3O5/c9-5(10)2-13-4-1-3(6-7-4)8(11)12/h1H,2H2,(H,6,7)(H,9,10). The smallest absolute Gasteiger partial charge is 0.346 e. The van der Waals surface area contributed by atoms with Gasteiger partial charge in [-0.1, -0.05) is 0 Å². The van der Waals surface area contributed by atoms with E-state index in [9.17, 15) is 14.9 Å². The molecule has 0 amide bonds. The first-order chi connectivity index (χ1) is 6.09. The lowest BCUT2D eigenvalue weighted by Crippen LogP contribution is -2.09. The first-order valence-electron chi connectivity index (χ1n) is 3.14. The lowest BCUT2D eigenvalue weighted by molar-refractivity contribution is -0.389. The second-order valence-electron chi connectivity index (χ2n) is 2.03. The molecule has 0 aliphatic rings. The van der Waals surface area contributed by atoms with Gasteiger partial charge in [0.1, 0.15) is 0 Å². The average Bonchev–Trinajstić information content (AvgIpc) is 2.48. The summed E-state index contributed by atoms with van der Waals surface area (Å²) < 4.78 is 4.55. The summed E-state index contributed by atoms with van der Waals surface area (Å²) in [5.74, 6) is -1.64. The van der Waals surface area contributed by atoms with E-state index < -0.39 is 17.5 Å². The molecule has 13 heavy (non-hydrogen) atoms. The van der Waals surface area contributed by atoms with Crippen molar-refractivity contribution in [2.24, 2.45) is 0 Å². The highest BCUT2D eigenvalue weighted by atomic mass is 16.6. The summed E-state index contributed by atoms with van der Waals surface area (Å²) in [6.07, 6.45) is 0. The molecule has 70 valence electrons. The van der Waals surface area contributed by atoms with Gasteiger partial charge in [0.15, 0.2) is 6.61 Å². The van der Waals surface area contributed by atoms with E-state index in [2.05, 4.69) is 14.9 Å². The summed E-state index contributed by atoms with van der Waals surface area (Å²) in [5, 5.41) is 23.7. The van der Waals surface area contributed by atoms with Crippen LogP contribution >= 0.6 is 0 Å². The van der Waals surface area contributed by atoms with Crippen LogP contribution in [0, 0.1) is 10.1 Å². The van der Waals surface area contributed by atoms with Crippen molar-refractivity contribution in [3.63, 3.8) is 0 Å². The predicted molar refractivity (Wildman–Crippen MR) is 38.4 cm³/mol. The number of hydrogen-bond donors (Lipinski definition) is 2. The number of aliphatic carboxylic acids is 1. The van der Waals surface area contributed by atoms with Crippen LogP contribution in [-0.2, 0) is 4.79 Å². The van der Waals surface area contributed by atoms with Crippen LogP contribution in [0.2, 0.25) is 0 Å². The molecule has 0 fully saturated rings. The van der Waals surface area contributed by atoms with Gasteiger partial charge in [-0.15, -0.1) is 5.10 Å². The first kappa shape index (κ1) is 8.97. The van der Waals surface area contributed by atoms with E-state index in [4.69, 9.17) is 5.11 Å². The van der Waals surface area contributed by atoms with Gasteiger partial charge >= 0.3 is 11.8 Å². The fraction of sp³-hybridized carbons (Fsp3) is 0.200. The molecule has 0 saturated carbocycles. The van der Waals surface area contributed by atoms with Crippen LogP contribution in [0.5, 0.6) is 5.88 Å². The van der Waals surface area contributed by atoms with Crippen molar-refractivity contribution in [1.82, 2.24) is 10.2 Å². The predicted octanol–water partition coefficient (Wildman–Crippen LogP) is -0.219. The van der Waals surface area contributed by atoms with Gasteiger partial charge in [-0.05, 0) is 10.0 Å². The number of H-pyrrole nitrogens is 1. The van der Waals surface area contributed by atoms with Crippen molar-refractivity contribution < 1.29 is 19.6 Å². The molecule has 0 aliphatic heterocycles. The molecule has 2 N–H and O–H groups in total. The summed E-state index contributed by atoms with van der Waals surface area (Å²) in [6.45, 7) is -0.581. The Labute approximate surface area is 71.3 Å². The molecule has 1 aromatic rings. The molecule has 0 atom stereocenters. The molecule has 0 saturated heterocycles. The zero-order chi connectivity index (χ0) is 9.84. The van der Waals surface area contributed by atoms with Gasteiger partial charge in [0.2, 0.25) is 0 Å². The number of nitro groups is 1. The topological polar surface area (TPSA) is 118 Å². The maximum atomic E-state index is 10.1. The fourth-order valence-corrected chi connectivity index (χ4v) is 0.597. The van der Waals surface area contributed by atoms with Gasteiger partial charge in [0, 0.05) is 0 Å². The van der Waals surface area contributed by atoms with Crippen LogP contribution in [-0.4, -0.2) is 32.8 Å². The molecule has 0 spiro atoms. The molecule has 1 heterocycles. The Morgan fingerprint density at radius 3 is 3.00 bits per heavy atom. The first-order valence-corrected chi connectivity index (χ1v) is 3.14. The number of carbonyl (C=O) groups is 1. The summed E-state index contributed by atoms with van der Waals surface area (Å²) in [7, 11) is 0. The highest BCUT2D eigenvalue weighted by Gasteiger charge is 2.11. The van der Waals surface area contributed by atoms with Crippen LogP contribution < -0.4 is 4.74 Å². The fourth-order valence-electron chi connectivity index (χ4n) is 0.597. The largest absolute Gasteiger partial charge is 0.479 e. The highest BCUT2D eigenvalue weighted by Crippen LogP contribution is 2.13. The molecular formula is C5H5N3O5. The Kier molecular flexibility index (Phi) is 2.43. The van der Waals surface area contributed by atoms with Crippen molar-refractivity contribution in [2.45, 2.75) is 0 Å². The molecule has 0 radical (unpaired) electrons. The van der Waals surface area contributed by atoms with E-state index in [0.717, 1.165) is 6.07 Å². The third kappa shape index (κ3) is 2.43. The summed E-state index contributed by atoms with van der Waals surface area (Å²) >= 11 is 0. The lowest BCUT2D eigenvalue weighted by Gasteiger charge is -1.93. The third-order valence-electron chi connectivity index (χ3n) is 1.08. The highest BCUT2D eigenvalue weighted by molar-refractivity contribution is 5.68. The van der Waals surface area contributed by atoms with Crippen molar-refractivity contribution in [3.05, 3.63) is 16.2 Å². The van der Waals surface area contributed by atoms with Gasteiger partial charge < -0.3 is 20.0 Å². The third-order valence-corrected chi connectivity index (χ3v) is 1.08. The number of aromatic nitrogens is 2. The maximum absolute atomic E-state index is 10.1. The Morgan fingerprint density at radius 2 is 2.54 bits per heavy atom. The summed E-state index contributed by atoms with van der Waals surface area (Å²) in [4.78, 5) is 19.4. The van der Waals surface area contributed by atoms with Crippen LogP contribution in [0.25, 0.3) is 0 Å². The van der Waals surface area contributed by atoms with E-state index in [1.807, 2.05) is 0 Å². The monoisotopic (exact) mass is 187 g/mol. The quantitative estimate of drug-likeness (QED) is 0.496. The Balaban J connectivity index is 2.59. The minimum atomic E-state index is -1.18. The summed E-state index contributed by atoms with van der Waals surface area (Å²) in [6, 6.07) is 1.00. The van der Waals surface area contributed by atoms with E-state index >= 15 is 0 Å². The summed E-state index contributed by atoms with van der Waals surface area (Å²) in [5.41, 5.74) is 0. The molecule has 0 aliphatic carbocycles. The van der Waals surface area contributed by atoms with Crippen molar-refractivity contribution in [1.29, 1.82) is 0 Å². The maximum Gasteiger partial charge on any atom is 0.346 e. The van der Waals surface area contributed by atoms with E-state index in [1.165, 1.54) is 0 Å². The van der Waals surface area contributed by atoms with Gasteiger partial charge in [-0.3, -0.25) is 0 Å². The molecular weight excluding hydrogens is 182 g/mol. The van der Waals surface area contributed by atoms with Gasteiger partial charge in [-0.2, -0.15) is 0 Å². The number of ether oxygens (including phenoxy) is 1. The van der Waals surface area contributed by atoms with Crippen molar-refractivity contribution >= 4 is 11.8 Å². The van der Waals surface area contributed by atoms with Gasteiger partial charge in [-0.25, -0.2) is 4.79 Å². The van der Waals surface area contributed by atoms with Crippen LogP contribution in [0.15, 0.2) is 6.07 Å². The van der Waals surface area contributed by atoms with E-state index in [-0.39, 0.29) is 11.7 Å². The molecule has 1 rings (SSSR count). The zero-order valence-electron chi connectivity index (χ0n) is 6.26. The van der Waals surface area contributed by atoms with Gasteiger partial charge in [0.05, 0.1) is 6.07 Å². The molecule has 0 unspecified atom stereocenters. The minimum Gasteiger partial charge on any atom is -0.479 e. The average molecular weight is 187 g/mol. The number of carboxylic acids is 1. The Morgan fingerprint density at radius 1 is 1.85 bits per heavy atom. The van der Waals surface area contributed by atoms with Crippen LogP contribution in [0.1, 0.15) is 0 Å². The SMILES string of the molecule is O=C(O)COc1cc([N+](=O)[O-])[nH]n1. The van der Waals surface area contributed by atoms with E-state index in [0.29, 0.717) is 0 Å². The molecule has 0 bridgehead atoms. The second-order valence-corrected chi connectivity index (χ2v) is 2.03. The molecule has 8 heteroatoms. The number of carboxylic acid groups (broad SMARTS) is 1. The molecule has 1 aromatic heterocycles. The second kappa shape index (κ2) is 3.52. The lowest BCUT2D eigenvalue weighted by atomic mass is 10.6. The Hall–Kier alpha value is -2.12. The van der Waals surface area contributed by atoms with Crippen molar-refractivity contribution in [2.75, 3.05) is 6.61 Å². The normalized spacial score (nSPS) is 9.54. The molecule has 0 aromatic carbocycles. The van der Waals surface area contributed by atoms with Gasteiger partial charge in [0.25, 0.3) is 5.88 Å². The van der Waals surface area contributed by atoms with Crippen LogP contribution in [0.3, 0.4) is 0 Å². The van der Waals surface area contributed by atoms with Crippen molar-refractivity contribution in [3.8, 4) is 5.88 Å². The number of aromatic amines is 1. The number of nitrogens with zero attached hydrogens (tertiary/aromatic N) is 2. The van der Waals surface area contributed by atoms with E-state index in [1.54, 1.807) is 0 Å².